The summed E-state index contributed by atoms with van der Waals surface area (Å²) in [5.74, 6) is -1.26. The maximum Gasteiger partial charge on any atom is 0.405 e. The summed E-state index contributed by atoms with van der Waals surface area (Å²) in [6.45, 7) is 2.32. The number of amides is 3. The van der Waals surface area contributed by atoms with Gasteiger partial charge in [0.2, 0.25) is 17.4 Å². The van der Waals surface area contributed by atoms with E-state index in [1.807, 2.05) is 6.07 Å². The minimum Gasteiger partial charge on any atom is -0.465 e. The Morgan fingerprint density at radius 2 is 1.91 bits per heavy atom. The van der Waals surface area contributed by atoms with Crippen molar-refractivity contribution in [3.05, 3.63) is 33.7 Å². The van der Waals surface area contributed by atoms with Crippen LogP contribution in [0.25, 0.3) is 0 Å². The third kappa shape index (κ3) is 4.58. The highest BCUT2D eigenvalue weighted by atomic mass is 16.4. The number of aromatic nitrogens is 1. The van der Waals surface area contributed by atoms with Gasteiger partial charge in [-0.25, -0.2) is 4.79 Å². The van der Waals surface area contributed by atoms with Crippen molar-refractivity contribution in [3.63, 3.8) is 0 Å². The lowest BCUT2D eigenvalue weighted by Gasteiger charge is -2.36. The molecule has 3 saturated heterocycles. The summed E-state index contributed by atoms with van der Waals surface area (Å²) in [5, 5.41) is 21.2. The van der Waals surface area contributed by atoms with Crippen LogP contribution in [-0.2, 0) is 9.59 Å². The van der Waals surface area contributed by atoms with Gasteiger partial charge in [0.15, 0.2) is 0 Å². The zero-order chi connectivity index (χ0) is 23.7. The third-order valence-corrected chi connectivity index (χ3v) is 7.14. The number of hydrogen-bond acceptors (Lipinski definition) is 5. The van der Waals surface area contributed by atoms with E-state index in [1.54, 1.807) is 16.7 Å². The van der Waals surface area contributed by atoms with Crippen LogP contribution in [0.15, 0.2) is 16.9 Å². The summed E-state index contributed by atoms with van der Waals surface area (Å²) in [5.41, 5.74) is 1.18. The molecule has 5 atom stereocenters. The van der Waals surface area contributed by atoms with E-state index < -0.39 is 24.1 Å². The SMILES string of the molecule is Cc1cc([C@H]2CN(C(=O)[C@@H]3CC[C@@H]4CCCC[C@H](NC(=O)O)C(=O)N43)C[C@@H]2C#N)cc(=O)[nH]1. The first-order valence-electron chi connectivity index (χ1n) is 11.5. The maximum atomic E-state index is 13.6. The van der Waals surface area contributed by atoms with Crippen molar-refractivity contribution >= 4 is 17.9 Å². The van der Waals surface area contributed by atoms with Gasteiger partial charge in [-0.1, -0.05) is 12.8 Å². The number of nitrogens with one attached hydrogen (secondary N) is 2. The van der Waals surface area contributed by atoms with E-state index >= 15 is 0 Å². The molecule has 3 aliphatic heterocycles. The highest BCUT2D eigenvalue weighted by Crippen LogP contribution is 2.36. The van der Waals surface area contributed by atoms with Gasteiger partial charge < -0.3 is 25.2 Å². The average molecular weight is 456 g/mol. The van der Waals surface area contributed by atoms with Crippen molar-refractivity contribution in [1.29, 1.82) is 5.26 Å². The van der Waals surface area contributed by atoms with Crippen LogP contribution in [0.2, 0.25) is 0 Å². The number of nitrogens with zero attached hydrogens (tertiary/aromatic N) is 3. The molecule has 1 aromatic heterocycles. The topological polar surface area (TPSA) is 147 Å². The van der Waals surface area contributed by atoms with Crippen LogP contribution in [0.1, 0.15) is 55.7 Å². The minimum atomic E-state index is -1.25. The number of pyridine rings is 1. The highest BCUT2D eigenvalue weighted by Gasteiger charge is 2.47. The molecular formula is C23H29N5O5. The molecule has 4 heterocycles. The lowest BCUT2D eigenvalue weighted by atomic mass is 9.90. The molecule has 176 valence electrons. The molecule has 3 aliphatic rings. The number of fused-ring (bicyclic) bond motifs is 1. The number of H-pyrrole nitrogens is 1. The first kappa shape index (κ1) is 22.8. The normalized spacial score (nSPS) is 29.7. The fourth-order valence-corrected chi connectivity index (χ4v) is 5.64. The molecule has 0 unspecified atom stereocenters. The first-order chi connectivity index (χ1) is 15.8. The summed E-state index contributed by atoms with van der Waals surface area (Å²) in [4.78, 5) is 55.9. The Morgan fingerprint density at radius 1 is 1.15 bits per heavy atom. The van der Waals surface area contributed by atoms with Crippen LogP contribution < -0.4 is 10.9 Å². The molecule has 0 bridgehead atoms. The highest BCUT2D eigenvalue weighted by molar-refractivity contribution is 5.92. The molecule has 0 aliphatic carbocycles. The number of aromatic amines is 1. The van der Waals surface area contributed by atoms with Crippen LogP contribution in [0.5, 0.6) is 0 Å². The van der Waals surface area contributed by atoms with E-state index in [4.69, 9.17) is 5.11 Å². The molecule has 3 fully saturated rings. The van der Waals surface area contributed by atoms with E-state index in [1.165, 1.54) is 6.07 Å². The van der Waals surface area contributed by atoms with E-state index in [9.17, 15) is 24.4 Å². The van der Waals surface area contributed by atoms with Gasteiger partial charge in [0, 0.05) is 36.8 Å². The summed E-state index contributed by atoms with van der Waals surface area (Å²) in [7, 11) is 0. The van der Waals surface area contributed by atoms with Crippen molar-refractivity contribution in [2.75, 3.05) is 13.1 Å². The van der Waals surface area contributed by atoms with E-state index in [2.05, 4.69) is 16.4 Å². The Hall–Kier alpha value is -3.35. The lowest BCUT2D eigenvalue weighted by molar-refractivity contribution is -0.146. The van der Waals surface area contributed by atoms with Crippen molar-refractivity contribution in [2.24, 2.45) is 5.92 Å². The predicted molar refractivity (Wildman–Crippen MR) is 117 cm³/mol. The van der Waals surface area contributed by atoms with Crippen molar-refractivity contribution < 1.29 is 19.5 Å². The Kier molecular flexibility index (Phi) is 6.40. The van der Waals surface area contributed by atoms with Gasteiger partial charge in [0.25, 0.3) is 0 Å². The number of carboxylic acid groups (broad SMARTS) is 1. The molecule has 0 saturated carbocycles. The Balaban J connectivity index is 1.55. The summed E-state index contributed by atoms with van der Waals surface area (Å²) in [6.07, 6.45) is 2.82. The van der Waals surface area contributed by atoms with E-state index in [0.29, 0.717) is 31.5 Å². The summed E-state index contributed by atoms with van der Waals surface area (Å²) in [6, 6.07) is 4.00. The predicted octanol–water partition coefficient (Wildman–Crippen LogP) is 1.32. The van der Waals surface area contributed by atoms with Gasteiger partial charge in [-0.05, 0) is 44.2 Å². The second-order valence-corrected chi connectivity index (χ2v) is 9.33. The van der Waals surface area contributed by atoms with Gasteiger partial charge in [-0.2, -0.15) is 5.26 Å². The smallest absolute Gasteiger partial charge is 0.405 e. The average Bonchev–Trinajstić information content (AvgIpc) is 3.37. The molecule has 3 N–H and O–H groups in total. The van der Waals surface area contributed by atoms with Crippen LogP contribution in [0.4, 0.5) is 4.79 Å². The third-order valence-electron chi connectivity index (χ3n) is 7.14. The van der Waals surface area contributed by atoms with E-state index in [0.717, 1.165) is 24.8 Å². The molecule has 0 radical (unpaired) electrons. The number of carbonyl (C=O) groups excluding carboxylic acids is 2. The number of nitriles is 1. The fraction of sp³-hybridized carbons (Fsp3) is 0.609. The Morgan fingerprint density at radius 3 is 2.61 bits per heavy atom. The molecule has 4 rings (SSSR count). The molecule has 0 spiro atoms. The maximum absolute atomic E-state index is 13.6. The number of carbonyl (C=O) groups is 3. The van der Waals surface area contributed by atoms with Gasteiger partial charge >= 0.3 is 6.09 Å². The van der Waals surface area contributed by atoms with Crippen LogP contribution in [0, 0.1) is 24.2 Å². The van der Waals surface area contributed by atoms with Gasteiger partial charge in [0.05, 0.1) is 12.0 Å². The molecule has 33 heavy (non-hydrogen) atoms. The van der Waals surface area contributed by atoms with Crippen molar-refractivity contribution in [3.8, 4) is 6.07 Å². The van der Waals surface area contributed by atoms with Crippen LogP contribution in [0.3, 0.4) is 0 Å². The molecule has 10 nitrogen and oxygen atoms in total. The van der Waals surface area contributed by atoms with Crippen LogP contribution in [-0.4, -0.2) is 69.0 Å². The molecular weight excluding hydrogens is 426 g/mol. The van der Waals surface area contributed by atoms with Crippen LogP contribution >= 0.6 is 0 Å². The molecule has 3 amide bonds. The quantitative estimate of drug-likeness (QED) is 0.626. The molecule has 1 aromatic rings. The van der Waals surface area contributed by atoms with E-state index in [-0.39, 0.29) is 35.9 Å². The Labute approximate surface area is 191 Å². The second-order valence-electron chi connectivity index (χ2n) is 9.33. The molecule has 10 heteroatoms. The molecule has 0 aromatic carbocycles. The largest absolute Gasteiger partial charge is 0.465 e. The second kappa shape index (κ2) is 9.25. The lowest BCUT2D eigenvalue weighted by Crippen LogP contribution is -2.56. The summed E-state index contributed by atoms with van der Waals surface area (Å²) >= 11 is 0. The summed E-state index contributed by atoms with van der Waals surface area (Å²) < 4.78 is 0. The van der Waals surface area contributed by atoms with Crippen molar-refractivity contribution in [2.45, 2.75) is 69.5 Å². The monoisotopic (exact) mass is 455 g/mol. The minimum absolute atomic E-state index is 0.0784. The fourth-order valence-electron chi connectivity index (χ4n) is 5.64. The zero-order valence-corrected chi connectivity index (χ0v) is 18.6. The standard InChI is InChI=1S/C23H29N5O5/c1-13-8-14(9-20(29)25-13)17-12-27(11-15(17)10-24)22(31)19-7-6-16-4-2-3-5-18(26-23(32)33)21(30)28(16)19/h8-9,15-19,26H,2-7,11-12H2,1H3,(H,25,29)(H,32,33)/t15-,16-,17+,18-,19-/m0/s1. The number of aryl methyl sites for hydroxylation is 1. The zero-order valence-electron chi connectivity index (χ0n) is 18.6. The first-order valence-corrected chi connectivity index (χ1v) is 11.5. The number of rotatable bonds is 3. The van der Waals surface area contributed by atoms with Gasteiger partial charge in [-0.3, -0.25) is 14.4 Å². The number of hydrogen-bond donors (Lipinski definition) is 3. The Bertz CT molecular complexity index is 1050. The number of likely N-dealkylation sites (tertiary alicyclic amines) is 1. The van der Waals surface area contributed by atoms with Crippen molar-refractivity contribution in [1.82, 2.24) is 20.1 Å². The van der Waals surface area contributed by atoms with Gasteiger partial charge in [0.1, 0.15) is 12.1 Å². The van der Waals surface area contributed by atoms with Gasteiger partial charge in [-0.15, -0.1) is 0 Å².